The van der Waals surface area contributed by atoms with Crippen LogP contribution in [0.4, 0.5) is 11.4 Å². The summed E-state index contributed by atoms with van der Waals surface area (Å²) in [5.41, 5.74) is 7.29. The van der Waals surface area contributed by atoms with Gasteiger partial charge in [-0.1, -0.05) is 6.07 Å². The lowest BCUT2D eigenvalue weighted by Crippen LogP contribution is -2.28. The molecular weight excluding hydrogens is 288 g/mol. The fraction of sp³-hybridized carbons (Fsp3) is 0.286. The second-order valence-electron chi connectivity index (χ2n) is 4.59. The summed E-state index contributed by atoms with van der Waals surface area (Å²) in [6.45, 7) is 0. The summed E-state index contributed by atoms with van der Waals surface area (Å²) in [4.78, 5) is 19.1. The Kier molecular flexibility index (Phi) is 4.77. The molecule has 1 amide bonds. The molecule has 2 rings (SSSR count). The molecule has 0 saturated carbocycles. The number of methoxy groups -OCH3 is 1. The first kappa shape index (κ1) is 15.3. The SMILES string of the molecule is COc1nccc(N(C)C)c1NC(=O)C(N)c1cccs1. The normalized spacial score (nSPS) is 11.8. The van der Waals surface area contributed by atoms with Gasteiger partial charge in [-0.05, 0) is 17.5 Å². The van der Waals surface area contributed by atoms with Gasteiger partial charge in [-0.2, -0.15) is 0 Å². The molecular formula is C14H18N4O2S. The van der Waals surface area contributed by atoms with E-state index in [4.69, 9.17) is 10.5 Å². The Hall–Kier alpha value is -2.12. The van der Waals surface area contributed by atoms with Crippen molar-refractivity contribution in [1.29, 1.82) is 0 Å². The Morgan fingerprint density at radius 1 is 1.48 bits per heavy atom. The molecule has 0 aromatic carbocycles. The van der Waals surface area contributed by atoms with Crippen LogP contribution in [0.1, 0.15) is 10.9 Å². The summed E-state index contributed by atoms with van der Waals surface area (Å²) < 4.78 is 5.22. The number of nitrogens with two attached hydrogens (primary N) is 1. The first-order valence-electron chi connectivity index (χ1n) is 6.34. The van der Waals surface area contributed by atoms with Crippen LogP contribution >= 0.6 is 11.3 Å². The predicted octanol–water partition coefficient (Wildman–Crippen LogP) is 1.86. The molecule has 7 heteroatoms. The zero-order valence-corrected chi connectivity index (χ0v) is 13.0. The van der Waals surface area contributed by atoms with Gasteiger partial charge in [-0.3, -0.25) is 4.79 Å². The van der Waals surface area contributed by atoms with Crippen molar-refractivity contribution in [3.63, 3.8) is 0 Å². The molecule has 0 aliphatic rings. The lowest BCUT2D eigenvalue weighted by Gasteiger charge is -2.20. The van der Waals surface area contributed by atoms with Gasteiger partial charge in [-0.15, -0.1) is 11.3 Å². The third-order valence-corrected chi connectivity index (χ3v) is 3.91. The topological polar surface area (TPSA) is 80.5 Å². The number of amides is 1. The zero-order valence-electron chi connectivity index (χ0n) is 12.2. The van der Waals surface area contributed by atoms with Gasteiger partial charge < -0.3 is 20.7 Å². The molecule has 112 valence electrons. The summed E-state index contributed by atoms with van der Waals surface area (Å²) in [5, 5.41) is 4.70. The second-order valence-corrected chi connectivity index (χ2v) is 5.57. The van der Waals surface area contributed by atoms with Gasteiger partial charge in [0.25, 0.3) is 0 Å². The maximum Gasteiger partial charge on any atom is 0.246 e. The smallest absolute Gasteiger partial charge is 0.246 e. The third kappa shape index (κ3) is 3.32. The second kappa shape index (κ2) is 6.55. The number of thiophene rings is 1. The van der Waals surface area contributed by atoms with Crippen LogP contribution in [0.15, 0.2) is 29.8 Å². The molecule has 6 nitrogen and oxygen atoms in total. The summed E-state index contributed by atoms with van der Waals surface area (Å²) in [6, 6.07) is 4.78. The summed E-state index contributed by atoms with van der Waals surface area (Å²) in [7, 11) is 5.27. The number of nitrogens with zero attached hydrogens (tertiary/aromatic N) is 2. The van der Waals surface area contributed by atoms with Gasteiger partial charge in [0, 0.05) is 25.2 Å². The monoisotopic (exact) mass is 306 g/mol. The number of anilines is 2. The van der Waals surface area contributed by atoms with E-state index in [-0.39, 0.29) is 5.91 Å². The average Bonchev–Trinajstić information content (AvgIpc) is 3.00. The first-order valence-corrected chi connectivity index (χ1v) is 7.22. The molecule has 0 saturated heterocycles. The van der Waals surface area contributed by atoms with Gasteiger partial charge in [-0.25, -0.2) is 4.98 Å². The number of pyridine rings is 1. The van der Waals surface area contributed by atoms with E-state index < -0.39 is 6.04 Å². The molecule has 3 N–H and O–H groups in total. The number of aromatic nitrogens is 1. The Morgan fingerprint density at radius 2 is 2.24 bits per heavy atom. The molecule has 1 atom stereocenters. The molecule has 0 aliphatic carbocycles. The highest BCUT2D eigenvalue weighted by Gasteiger charge is 2.21. The minimum atomic E-state index is -0.718. The maximum absolute atomic E-state index is 12.3. The Bertz CT molecular complexity index is 613. The van der Waals surface area contributed by atoms with Crippen LogP contribution in [-0.2, 0) is 4.79 Å². The highest BCUT2D eigenvalue weighted by atomic mass is 32.1. The molecule has 2 aromatic rings. The number of ether oxygens (including phenoxy) is 1. The molecule has 2 heterocycles. The largest absolute Gasteiger partial charge is 0.479 e. The van der Waals surface area contributed by atoms with Crippen LogP contribution in [-0.4, -0.2) is 32.1 Å². The lowest BCUT2D eigenvalue weighted by atomic mass is 10.2. The maximum atomic E-state index is 12.3. The summed E-state index contributed by atoms with van der Waals surface area (Å²) in [5.74, 6) is 0.0554. The standard InChI is InChI=1S/C14H18N4O2S/c1-18(2)9-6-7-16-14(20-3)12(9)17-13(19)11(15)10-5-4-8-21-10/h4-8,11H,15H2,1-3H3,(H,17,19). The molecule has 0 spiro atoms. The average molecular weight is 306 g/mol. The van der Waals surface area contributed by atoms with Gasteiger partial charge in [0.15, 0.2) is 0 Å². The predicted molar refractivity (Wildman–Crippen MR) is 85.0 cm³/mol. The van der Waals surface area contributed by atoms with E-state index in [1.165, 1.54) is 18.4 Å². The highest BCUT2D eigenvalue weighted by Crippen LogP contribution is 2.32. The summed E-state index contributed by atoms with van der Waals surface area (Å²) in [6.07, 6.45) is 1.63. The summed E-state index contributed by atoms with van der Waals surface area (Å²) >= 11 is 1.45. The van der Waals surface area contributed by atoms with Crippen molar-refractivity contribution in [3.8, 4) is 5.88 Å². The van der Waals surface area contributed by atoms with Crippen molar-refractivity contribution in [3.05, 3.63) is 34.7 Å². The molecule has 21 heavy (non-hydrogen) atoms. The van der Waals surface area contributed by atoms with Crippen LogP contribution in [0.2, 0.25) is 0 Å². The Labute approximate surface area is 127 Å². The van der Waals surface area contributed by atoms with Crippen molar-refractivity contribution in [2.24, 2.45) is 5.73 Å². The number of nitrogens with one attached hydrogen (secondary N) is 1. The van der Waals surface area contributed by atoms with E-state index in [9.17, 15) is 4.79 Å². The number of carbonyl (C=O) groups excluding carboxylic acids is 1. The number of hydrogen-bond donors (Lipinski definition) is 2. The van der Waals surface area contributed by atoms with E-state index in [0.29, 0.717) is 11.6 Å². The lowest BCUT2D eigenvalue weighted by molar-refractivity contribution is -0.117. The molecule has 0 fully saturated rings. The van der Waals surface area contributed by atoms with E-state index >= 15 is 0 Å². The highest BCUT2D eigenvalue weighted by molar-refractivity contribution is 7.10. The van der Waals surface area contributed by atoms with E-state index in [1.807, 2.05) is 36.5 Å². The van der Waals surface area contributed by atoms with E-state index in [1.54, 1.807) is 12.3 Å². The Morgan fingerprint density at radius 3 is 2.81 bits per heavy atom. The van der Waals surface area contributed by atoms with Crippen molar-refractivity contribution >= 4 is 28.6 Å². The van der Waals surface area contributed by atoms with Crippen LogP contribution in [0.3, 0.4) is 0 Å². The number of hydrogen-bond acceptors (Lipinski definition) is 6. The van der Waals surface area contributed by atoms with Crippen LogP contribution in [0.25, 0.3) is 0 Å². The number of rotatable bonds is 5. The molecule has 0 bridgehead atoms. The minimum absolute atomic E-state index is 0.299. The van der Waals surface area contributed by atoms with E-state index in [2.05, 4.69) is 10.3 Å². The fourth-order valence-electron chi connectivity index (χ4n) is 1.88. The van der Waals surface area contributed by atoms with Crippen LogP contribution in [0.5, 0.6) is 5.88 Å². The van der Waals surface area contributed by atoms with Gasteiger partial charge in [0.1, 0.15) is 11.7 Å². The zero-order chi connectivity index (χ0) is 15.4. The number of carbonyl (C=O) groups is 1. The van der Waals surface area contributed by atoms with Crippen LogP contribution < -0.4 is 20.7 Å². The van der Waals surface area contributed by atoms with Crippen molar-refractivity contribution in [2.75, 3.05) is 31.4 Å². The van der Waals surface area contributed by atoms with Crippen molar-refractivity contribution in [2.45, 2.75) is 6.04 Å². The Balaban J connectivity index is 2.28. The first-order chi connectivity index (χ1) is 10.0. The fourth-order valence-corrected chi connectivity index (χ4v) is 2.60. The van der Waals surface area contributed by atoms with Gasteiger partial charge >= 0.3 is 0 Å². The van der Waals surface area contributed by atoms with Gasteiger partial charge in [0.05, 0.1) is 12.8 Å². The van der Waals surface area contributed by atoms with E-state index in [0.717, 1.165) is 10.6 Å². The minimum Gasteiger partial charge on any atom is -0.479 e. The molecule has 2 aromatic heterocycles. The molecule has 0 radical (unpaired) electrons. The van der Waals surface area contributed by atoms with Gasteiger partial charge in [0.2, 0.25) is 11.8 Å². The van der Waals surface area contributed by atoms with Crippen molar-refractivity contribution in [1.82, 2.24) is 4.98 Å². The molecule has 0 aliphatic heterocycles. The van der Waals surface area contributed by atoms with Crippen molar-refractivity contribution < 1.29 is 9.53 Å². The quantitative estimate of drug-likeness (QED) is 0.881. The van der Waals surface area contributed by atoms with Crippen LogP contribution in [0, 0.1) is 0 Å². The molecule has 1 unspecified atom stereocenters. The third-order valence-electron chi connectivity index (χ3n) is 2.95.